The molecule has 0 saturated heterocycles. The van der Waals surface area contributed by atoms with Crippen molar-refractivity contribution in [1.29, 1.82) is 0 Å². The van der Waals surface area contributed by atoms with Gasteiger partial charge in [-0.05, 0) is 6.07 Å². The summed E-state index contributed by atoms with van der Waals surface area (Å²) in [7, 11) is 0. The summed E-state index contributed by atoms with van der Waals surface area (Å²) in [6.45, 7) is 0. The molecule has 0 aliphatic heterocycles. The number of nitrogens with zero attached hydrogens (tertiary/aromatic N) is 3. The molecule has 0 atom stereocenters. The number of hydrogen-bond donors (Lipinski definition) is 1. The van der Waals surface area contributed by atoms with Gasteiger partial charge in [-0.1, -0.05) is 0 Å². The molecule has 0 amide bonds. The Balaban J connectivity index is 2.38. The van der Waals surface area contributed by atoms with Crippen molar-refractivity contribution in [2.45, 2.75) is 0 Å². The van der Waals surface area contributed by atoms with Crippen LogP contribution in [0.4, 0.5) is 0 Å². The first-order chi connectivity index (χ1) is 7.93. The predicted molar refractivity (Wildman–Crippen MR) is 59.0 cm³/mol. The van der Waals surface area contributed by atoms with Crippen molar-refractivity contribution < 1.29 is 4.42 Å². The van der Waals surface area contributed by atoms with E-state index in [1.54, 1.807) is 18.6 Å². The SMILES string of the molecule is c1cc2oc3[nH]c4cncnc4c3c2cn1. The predicted octanol–water partition coefficient (Wildman–Crippen LogP) is 2.25. The molecule has 76 valence electrons. The Kier molecular flexibility index (Phi) is 1.26. The Hall–Kier alpha value is -2.43. The van der Waals surface area contributed by atoms with E-state index in [9.17, 15) is 0 Å². The van der Waals surface area contributed by atoms with Crippen LogP contribution in [0.25, 0.3) is 33.1 Å². The Bertz CT molecular complexity index is 749. The molecule has 16 heavy (non-hydrogen) atoms. The van der Waals surface area contributed by atoms with Crippen molar-refractivity contribution in [3.8, 4) is 0 Å². The van der Waals surface area contributed by atoms with Gasteiger partial charge in [-0.3, -0.25) is 4.98 Å². The normalized spacial score (nSPS) is 11.8. The summed E-state index contributed by atoms with van der Waals surface area (Å²) in [5.41, 5.74) is 3.29. The first kappa shape index (κ1) is 7.81. The molecule has 0 bridgehead atoms. The zero-order valence-corrected chi connectivity index (χ0v) is 8.14. The van der Waals surface area contributed by atoms with E-state index in [1.165, 1.54) is 6.33 Å². The summed E-state index contributed by atoms with van der Waals surface area (Å²) >= 11 is 0. The highest BCUT2D eigenvalue weighted by Crippen LogP contribution is 2.32. The minimum Gasteiger partial charge on any atom is -0.440 e. The van der Waals surface area contributed by atoms with Gasteiger partial charge in [0.1, 0.15) is 17.4 Å². The van der Waals surface area contributed by atoms with Crippen LogP contribution in [0, 0.1) is 0 Å². The van der Waals surface area contributed by atoms with Crippen LogP contribution in [0.15, 0.2) is 35.4 Å². The van der Waals surface area contributed by atoms with Gasteiger partial charge in [-0.15, -0.1) is 0 Å². The lowest BCUT2D eigenvalue weighted by atomic mass is 10.2. The standard InChI is InChI=1S/C11H6N4O/c1-2-12-3-6-8(1)16-11-9(6)10-7(15-11)4-13-5-14-10/h1-5,15H. The molecule has 5 heteroatoms. The van der Waals surface area contributed by atoms with Gasteiger partial charge < -0.3 is 9.40 Å². The highest BCUT2D eigenvalue weighted by Gasteiger charge is 2.13. The molecule has 0 aliphatic rings. The minimum atomic E-state index is 0.721. The van der Waals surface area contributed by atoms with Crippen LogP contribution in [-0.4, -0.2) is 19.9 Å². The van der Waals surface area contributed by atoms with E-state index in [0.717, 1.165) is 33.1 Å². The van der Waals surface area contributed by atoms with Crippen molar-refractivity contribution in [2.75, 3.05) is 0 Å². The maximum Gasteiger partial charge on any atom is 0.208 e. The number of nitrogens with one attached hydrogen (secondary N) is 1. The molecule has 0 saturated carbocycles. The molecule has 5 nitrogen and oxygen atoms in total. The smallest absolute Gasteiger partial charge is 0.208 e. The number of pyridine rings is 1. The van der Waals surface area contributed by atoms with Crippen LogP contribution in [0.5, 0.6) is 0 Å². The third-order valence-electron chi connectivity index (χ3n) is 2.69. The van der Waals surface area contributed by atoms with Gasteiger partial charge in [0.05, 0.1) is 22.5 Å². The highest BCUT2D eigenvalue weighted by atomic mass is 16.3. The molecule has 1 N–H and O–H groups in total. The number of aromatic amines is 1. The summed E-state index contributed by atoms with van der Waals surface area (Å²) in [4.78, 5) is 15.5. The Morgan fingerprint density at radius 3 is 3.19 bits per heavy atom. The maximum absolute atomic E-state index is 5.67. The molecule has 4 aromatic rings. The van der Waals surface area contributed by atoms with Crippen LogP contribution in [0.1, 0.15) is 0 Å². The molecule has 4 heterocycles. The first-order valence-corrected chi connectivity index (χ1v) is 4.87. The number of furan rings is 1. The highest BCUT2D eigenvalue weighted by molar-refractivity contribution is 6.16. The second-order valence-electron chi connectivity index (χ2n) is 3.59. The van der Waals surface area contributed by atoms with Gasteiger partial charge in [0, 0.05) is 12.4 Å². The monoisotopic (exact) mass is 210 g/mol. The van der Waals surface area contributed by atoms with Crippen LogP contribution in [0.2, 0.25) is 0 Å². The number of hydrogen-bond acceptors (Lipinski definition) is 4. The van der Waals surface area contributed by atoms with Crippen LogP contribution in [-0.2, 0) is 0 Å². The van der Waals surface area contributed by atoms with E-state index in [0.29, 0.717) is 0 Å². The average molecular weight is 210 g/mol. The van der Waals surface area contributed by atoms with Crippen molar-refractivity contribution in [2.24, 2.45) is 0 Å². The van der Waals surface area contributed by atoms with Crippen LogP contribution >= 0.6 is 0 Å². The summed E-state index contributed by atoms with van der Waals surface area (Å²) in [6, 6.07) is 1.84. The third kappa shape index (κ3) is 0.826. The molecule has 4 aromatic heterocycles. The zero-order chi connectivity index (χ0) is 10.5. The molecule has 0 aromatic carbocycles. The lowest BCUT2D eigenvalue weighted by molar-refractivity contribution is 0.656. The first-order valence-electron chi connectivity index (χ1n) is 4.87. The Morgan fingerprint density at radius 1 is 1.19 bits per heavy atom. The second-order valence-corrected chi connectivity index (χ2v) is 3.59. The van der Waals surface area contributed by atoms with E-state index in [2.05, 4.69) is 19.9 Å². The van der Waals surface area contributed by atoms with Crippen molar-refractivity contribution in [1.82, 2.24) is 19.9 Å². The van der Waals surface area contributed by atoms with Crippen molar-refractivity contribution in [3.05, 3.63) is 31.0 Å². The van der Waals surface area contributed by atoms with Crippen LogP contribution < -0.4 is 0 Å². The average Bonchev–Trinajstić information content (AvgIpc) is 2.83. The lowest BCUT2D eigenvalue weighted by Gasteiger charge is -1.88. The zero-order valence-electron chi connectivity index (χ0n) is 8.14. The quantitative estimate of drug-likeness (QED) is 0.483. The number of rotatable bonds is 0. The van der Waals surface area contributed by atoms with Crippen molar-refractivity contribution >= 4 is 33.1 Å². The minimum absolute atomic E-state index is 0.721. The largest absolute Gasteiger partial charge is 0.440 e. The lowest BCUT2D eigenvalue weighted by Crippen LogP contribution is -1.77. The van der Waals surface area contributed by atoms with Gasteiger partial charge in [-0.25, -0.2) is 9.97 Å². The van der Waals surface area contributed by atoms with E-state index in [1.807, 2.05) is 6.07 Å². The fourth-order valence-electron chi connectivity index (χ4n) is 2.01. The number of fused-ring (bicyclic) bond motifs is 5. The van der Waals surface area contributed by atoms with Crippen LogP contribution in [0.3, 0.4) is 0 Å². The summed E-state index contributed by atoms with van der Waals surface area (Å²) < 4.78 is 5.67. The van der Waals surface area contributed by atoms with Gasteiger partial charge in [0.15, 0.2) is 0 Å². The topological polar surface area (TPSA) is 67.6 Å². The molecule has 4 rings (SSSR count). The third-order valence-corrected chi connectivity index (χ3v) is 2.69. The second kappa shape index (κ2) is 2.57. The number of aromatic nitrogens is 4. The van der Waals surface area contributed by atoms with E-state index in [-0.39, 0.29) is 0 Å². The van der Waals surface area contributed by atoms with Gasteiger partial charge in [0.2, 0.25) is 5.71 Å². The number of H-pyrrole nitrogens is 1. The molecule has 0 radical (unpaired) electrons. The summed E-state index contributed by atoms with van der Waals surface area (Å²) in [6.07, 6.45) is 6.77. The van der Waals surface area contributed by atoms with Gasteiger partial charge >= 0.3 is 0 Å². The Labute approximate surface area is 89.1 Å². The van der Waals surface area contributed by atoms with Gasteiger partial charge in [0.25, 0.3) is 0 Å². The fraction of sp³-hybridized carbons (Fsp3) is 0. The molecular weight excluding hydrogens is 204 g/mol. The van der Waals surface area contributed by atoms with E-state index < -0.39 is 0 Å². The van der Waals surface area contributed by atoms with Crippen molar-refractivity contribution in [3.63, 3.8) is 0 Å². The Morgan fingerprint density at radius 2 is 2.19 bits per heavy atom. The molecule has 0 unspecified atom stereocenters. The maximum atomic E-state index is 5.67. The van der Waals surface area contributed by atoms with Gasteiger partial charge in [-0.2, -0.15) is 0 Å². The molecular formula is C11H6N4O. The molecule has 0 fully saturated rings. The molecule has 0 aliphatic carbocycles. The summed E-state index contributed by atoms with van der Waals surface area (Å²) in [5, 5.41) is 1.95. The van der Waals surface area contributed by atoms with E-state index >= 15 is 0 Å². The van der Waals surface area contributed by atoms with E-state index in [4.69, 9.17) is 4.42 Å². The summed E-state index contributed by atoms with van der Waals surface area (Å²) in [5.74, 6) is 0. The molecule has 0 spiro atoms. The fourth-order valence-corrected chi connectivity index (χ4v) is 2.01.